The number of anilines is 1. The molecular weight excluding hydrogens is 185 g/mol. The second-order valence-corrected chi connectivity index (χ2v) is 2.89. The van der Waals surface area contributed by atoms with E-state index in [1.54, 1.807) is 6.07 Å². The Bertz CT molecular complexity index is 339. The monoisotopic (exact) mass is 197 g/mol. The predicted molar refractivity (Wildman–Crippen MR) is 51.6 cm³/mol. The van der Waals surface area contributed by atoms with Gasteiger partial charge in [0.25, 0.3) is 0 Å². The zero-order chi connectivity index (χ0) is 10.6. The largest absolute Gasteiger partial charge is 0.468 e. The summed E-state index contributed by atoms with van der Waals surface area (Å²) in [5.74, 6) is -0.711. The number of carbonyl (C=O) groups is 1. The van der Waals surface area contributed by atoms with E-state index in [1.807, 2.05) is 6.92 Å². The van der Waals surface area contributed by atoms with Crippen LogP contribution in [0.25, 0.3) is 0 Å². The fourth-order valence-corrected chi connectivity index (χ4v) is 1.02. The van der Waals surface area contributed by atoms with Crippen molar-refractivity contribution in [1.82, 2.24) is 0 Å². The minimum Gasteiger partial charge on any atom is -0.468 e. The molecule has 0 saturated heterocycles. The van der Waals surface area contributed by atoms with Gasteiger partial charge in [-0.1, -0.05) is 6.07 Å². The van der Waals surface area contributed by atoms with Crippen molar-refractivity contribution in [3.63, 3.8) is 0 Å². The molecule has 4 heteroatoms. The van der Waals surface area contributed by atoms with Crippen molar-refractivity contribution in [1.29, 1.82) is 0 Å². The fraction of sp³-hybridized carbons (Fsp3) is 0.300. The number of esters is 1. The summed E-state index contributed by atoms with van der Waals surface area (Å²) in [6, 6.07) is 4.37. The first kappa shape index (κ1) is 10.5. The molecular formula is C10H12FNO2. The van der Waals surface area contributed by atoms with E-state index in [2.05, 4.69) is 10.1 Å². The lowest BCUT2D eigenvalue weighted by atomic mass is 10.2. The van der Waals surface area contributed by atoms with Crippen molar-refractivity contribution in [3.8, 4) is 0 Å². The quantitative estimate of drug-likeness (QED) is 0.750. The van der Waals surface area contributed by atoms with Gasteiger partial charge in [0.2, 0.25) is 0 Å². The molecule has 0 saturated carbocycles. The first-order chi connectivity index (χ1) is 6.63. The Kier molecular flexibility index (Phi) is 3.45. The minimum atomic E-state index is -0.381. The minimum absolute atomic E-state index is 0.0425. The lowest BCUT2D eigenvalue weighted by molar-refractivity contribution is -0.138. The van der Waals surface area contributed by atoms with Gasteiger partial charge in [0, 0.05) is 5.69 Å². The van der Waals surface area contributed by atoms with E-state index < -0.39 is 0 Å². The fourth-order valence-electron chi connectivity index (χ4n) is 1.02. The van der Waals surface area contributed by atoms with Gasteiger partial charge >= 0.3 is 5.97 Å². The van der Waals surface area contributed by atoms with Gasteiger partial charge in [-0.15, -0.1) is 0 Å². The van der Waals surface area contributed by atoms with E-state index in [0.29, 0.717) is 5.69 Å². The summed E-state index contributed by atoms with van der Waals surface area (Å²) in [5, 5.41) is 2.79. The number of carbonyl (C=O) groups excluding carboxylic acids is 1. The van der Waals surface area contributed by atoms with Crippen LogP contribution in [0.15, 0.2) is 18.2 Å². The molecule has 0 aromatic heterocycles. The number of hydrogen-bond donors (Lipinski definition) is 1. The van der Waals surface area contributed by atoms with Crippen molar-refractivity contribution in [3.05, 3.63) is 29.6 Å². The van der Waals surface area contributed by atoms with E-state index in [4.69, 9.17) is 0 Å². The third kappa shape index (κ3) is 2.73. The van der Waals surface area contributed by atoms with Crippen LogP contribution in [0.2, 0.25) is 0 Å². The Morgan fingerprint density at radius 3 is 2.93 bits per heavy atom. The Morgan fingerprint density at radius 1 is 1.57 bits per heavy atom. The third-order valence-corrected chi connectivity index (χ3v) is 1.85. The van der Waals surface area contributed by atoms with Crippen molar-refractivity contribution < 1.29 is 13.9 Å². The van der Waals surface area contributed by atoms with Gasteiger partial charge in [0.05, 0.1) is 7.11 Å². The van der Waals surface area contributed by atoms with Crippen LogP contribution >= 0.6 is 0 Å². The molecule has 0 spiro atoms. The first-order valence-corrected chi connectivity index (χ1v) is 4.20. The van der Waals surface area contributed by atoms with Crippen LogP contribution in [0, 0.1) is 12.7 Å². The molecule has 0 unspecified atom stereocenters. The number of hydrogen-bond acceptors (Lipinski definition) is 3. The van der Waals surface area contributed by atoms with Crippen LogP contribution in [0.5, 0.6) is 0 Å². The van der Waals surface area contributed by atoms with Crippen LogP contribution in [0.3, 0.4) is 0 Å². The highest BCUT2D eigenvalue weighted by Crippen LogP contribution is 2.15. The van der Waals surface area contributed by atoms with Gasteiger partial charge in [-0.05, 0) is 24.6 Å². The topological polar surface area (TPSA) is 38.3 Å². The highest BCUT2D eigenvalue weighted by atomic mass is 19.1. The van der Waals surface area contributed by atoms with Gasteiger partial charge in [-0.3, -0.25) is 4.79 Å². The van der Waals surface area contributed by atoms with Gasteiger partial charge in [0.1, 0.15) is 12.4 Å². The molecule has 14 heavy (non-hydrogen) atoms. The highest BCUT2D eigenvalue weighted by Gasteiger charge is 2.03. The normalized spacial score (nSPS) is 9.64. The summed E-state index contributed by atoms with van der Waals surface area (Å²) < 4.78 is 17.2. The van der Waals surface area contributed by atoms with E-state index in [-0.39, 0.29) is 18.3 Å². The molecule has 0 amide bonds. The van der Waals surface area contributed by atoms with Crippen LogP contribution < -0.4 is 5.32 Å². The molecule has 0 heterocycles. The number of ether oxygens (including phenoxy) is 1. The van der Waals surface area contributed by atoms with Gasteiger partial charge in [0.15, 0.2) is 0 Å². The van der Waals surface area contributed by atoms with Gasteiger partial charge in [-0.2, -0.15) is 0 Å². The summed E-state index contributed by atoms with van der Waals surface area (Å²) >= 11 is 0. The summed E-state index contributed by atoms with van der Waals surface area (Å²) in [4.78, 5) is 10.8. The predicted octanol–water partition coefficient (Wildman–Crippen LogP) is 1.72. The maximum absolute atomic E-state index is 12.8. The summed E-state index contributed by atoms with van der Waals surface area (Å²) in [7, 11) is 1.31. The maximum atomic E-state index is 12.8. The van der Waals surface area contributed by atoms with Crippen LogP contribution in [0.1, 0.15) is 5.56 Å². The molecule has 3 nitrogen and oxygen atoms in total. The van der Waals surface area contributed by atoms with Crippen molar-refractivity contribution in [2.75, 3.05) is 19.0 Å². The van der Waals surface area contributed by atoms with Crippen LogP contribution in [0.4, 0.5) is 10.1 Å². The molecule has 0 aliphatic carbocycles. The number of halogens is 1. The van der Waals surface area contributed by atoms with Crippen molar-refractivity contribution in [2.24, 2.45) is 0 Å². The summed E-state index contributed by atoms with van der Waals surface area (Å²) in [6.45, 7) is 1.87. The molecule has 1 N–H and O–H groups in total. The zero-order valence-electron chi connectivity index (χ0n) is 8.13. The van der Waals surface area contributed by atoms with E-state index >= 15 is 0 Å². The molecule has 0 aliphatic rings. The molecule has 0 bridgehead atoms. The number of benzene rings is 1. The van der Waals surface area contributed by atoms with Crippen molar-refractivity contribution in [2.45, 2.75) is 6.92 Å². The smallest absolute Gasteiger partial charge is 0.325 e. The molecule has 0 radical (unpaired) electrons. The first-order valence-electron chi connectivity index (χ1n) is 4.20. The number of nitrogens with one attached hydrogen (secondary N) is 1. The standard InChI is InChI=1S/C10H12FNO2/c1-7-3-4-8(11)5-9(7)12-6-10(13)14-2/h3-5,12H,6H2,1-2H3. The Morgan fingerprint density at radius 2 is 2.29 bits per heavy atom. The molecule has 1 aromatic rings. The number of aryl methyl sites for hydroxylation is 1. The Balaban J connectivity index is 2.66. The molecule has 1 aromatic carbocycles. The summed E-state index contributed by atoms with van der Waals surface area (Å²) in [6.07, 6.45) is 0. The van der Waals surface area contributed by atoms with E-state index in [0.717, 1.165) is 5.56 Å². The average molecular weight is 197 g/mol. The summed E-state index contributed by atoms with van der Waals surface area (Å²) in [5.41, 5.74) is 1.49. The number of rotatable bonds is 3. The van der Waals surface area contributed by atoms with Crippen molar-refractivity contribution >= 4 is 11.7 Å². The van der Waals surface area contributed by atoms with E-state index in [9.17, 15) is 9.18 Å². The third-order valence-electron chi connectivity index (χ3n) is 1.85. The average Bonchev–Trinajstić information content (AvgIpc) is 2.19. The molecule has 1 rings (SSSR count). The van der Waals surface area contributed by atoms with E-state index in [1.165, 1.54) is 19.2 Å². The van der Waals surface area contributed by atoms with Gasteiger partial charge < -0.3 is 10.1 Å². The lowest BCUT2D eigenvalue weighted by Gasteiger charge is -2.07. The number of methoxy groups -OCH3 is 1. The Labute approximate surface area is 81.9 Å². The lowest BCUT2D eigenvalue weighted by Crippen LogP contribution is -2.15. The zero-order valence-corrected chi connectivity index (χ0v) is 8.13. The van der Waals surface area contributed by atoms with Gasteiger partial charge in [-0.25, -0.2) is 4.39 Å². The Hall–Kier alpha value is -1.58. The maximum Gasteiger partial charge on any atom is 0.325 e. The van der Waals surface area contributed by atoms with Crippen LogP contribution in [-0.4, -0.2) is 19.6 Å². The van der Waals surface area contributed by atoms with Crippen LogP contribution in [-0.2, 0) is 9.53 Å². The second kappa shape index (κ2) is 4.60. The molecule has 76 valence electrons. The molecule has 0 aliphatic heterocycles. The molecule has 0 atom stereocenters. The molecule has 0 fully saturated rings. The SMILES string of the molecule is COC(=O)CNc1cc(F)ccc1C. The highest BCUT2D eigenvalue weighted by molar-refractivity contribution is 5.75. The second-order valence-electron chi connectivity index (χ2n) is 2.89.